The van der Waals surface area contributed by atoms with Crippen LogP contribution in [0.3, 0.4) is 0 Å². The minimum atomic E-state index is -0.214. The highest BCUT2D eigenvalue weighted by atomic mass is 32.2. The molecule has 2 amide bonds. The molecule has 30 heavy (non-hydrogen) atoms. The van der Waals surface area contributed by atoms with Crippen molar-refractivity contribution < 1.29 is 14.3 Å². The zero-order chi connectivity index (χ0) is 20.9. The van der Waals surface area contributed by atoms with E-state index in [0.717, 1.165) is 21.8 Å². The third kappa shape index (κ3) is 4.39. The predicted molar refractivity (Wildman–Crippen MR) is 120 cm³/mol. The van der Waals surface area contributed by atoms with Gasteiger partial charge in [-0.25, -0.2) is 0 Å². The third-order valence-corrected chi connectivity index (χ3v) is 5.76. The van der Waals surface area contributed by atoms with Crippen LogP contribution in [0.5, 0.6) is 5.75 Å². The number of thioether (sulfide) groups is 1. The molecular formula is C24H20N2O3S. The molecule has 6 heteroatoms. The molecule has 0 aromatic heterocycles. The van der Waals surface area contributed by atoms with Gasteiger partial charge in [0.05, 0.1) is 17.7 Å². The molecule has 1 aliphatic heterocycles. The molecule has 3 aromatic carbocycles. The first kappa shape index (κ1) is 19.8. The second kappa shape index (κ2) is 8.88. The summed E-state index contributed by atoms with van der Waals surface area (Å²) in [5.41, 5.74) is 2.98. The summed E-state index contributed by atoms with van der Waals surface area (Å²) in [6.07, 6.45) is 1.86. The molecule has 5 nitrogen and oxygen atoms in total. The zero-order valence-corrected chi connectivity index (χ0v) is 17.2. The van der Waals surface area contributed by atoms with Gasteiger partial charge in [0.25, 0.3) is 11.8 Å². The minimum Gasteiger partial charge on any atom is -0.496 e. The lowest BCUT2D eigenvalue weighted by Crippen LogP contribution is -2.24. The topological polar surface area (TPSA) is 67.4 Å². The molecule has 0 fully saturated rings. The molecule has 0 atom stereocenters. The van der Waals surface area contributed by atoms with Crippen LogP contribution >= 0.6 is 11.8 Å². The Morgan fingerprint density at radius 2 is 1.83 bits per heavy atom. The second-order valence-corrected chi connectivity index (χ2v) is 7.76. The van der Waals surface area contributed by atoms with Crippen molar-refractivity contribution in [2.24, 2.45) is 0 Å². The fraction of sp³-hybridized carbons (Fsp3) is 0.0833. The maximum Gasteiger partial charge on any atom is 0.262 e. The average Bonchev–Trinajstić information content (AvgIpc) is 2.78. The summed E-state index contributed by atoms with van der Waals surface area (Å²) in [7, 11) is 1.60. The van der Waals surface area contributed by atoms with Crippen LogP contribution in [-0.4, -0.2) is 18.9 Å². The third-order valence-electron chi connectivity index (χ3n) is 4.66. The van der Waals surface area contributed by atoms with Crippen LogP contribution in [0.2, 0.25) is 0 Å². The molecule has 0 bridgehead atoms. The number of rotatable bonds is 5. The maximum absolute atomic E-state index is 12.6. The van der Waals surface area contributed by atoms with Gasteiger partial charge in [-0.3, -0.25) is 9.59 Å². The molecule has 0 saturated carbocycles. The van der Waals surface area contributed by atoms with Crippen molar-refractivity contribution >= 4 is 35.3 Å². The van der Waals surface area contributed by atoms with E-state index in [1.807, 2.05) is 66.7 Å². The number of carbonyl (C=O) groups is 2. The summed E-state index contributed by atoms with van der Waals surface area (Å²) >= 11 is 1.40. The Morgan fingerprint density at radius 1 is 1.07 bits per heavy atom. The SMILES string of the molecule is COc1ccccc1CNC(=O)c1ccc2c(c1)NC(=O)/C(=C/c1ccccc1)S2. The summed E-state index contributed by atoms with van der Waals surface area (Å²) in [4.78, 5) is 26.6. The highest BCUT2D eigenvalue weighted by molar-refractivity contribution is 8.04. The van der Waals surface area contributed by atoms with Crippen LogP contribution in [0.25, 0.3) is 6.08 Å². The van der Waals surface area contributed by atoms with Gasteiger partial charge < -0.3 is 15.4 Å². The average molecular weight is 417 g/mol. The van der Waals surface area contributed by atoms with Crippen LogP contribution in [0.1, 0.15) is 21.5 Å². The standard InChI is InChI=1S/C24H20N2O3S/c1-29-20-10-6-5-9-18(20)15-25-23(27)17-11-12-21-19(14-17)26-24(28)22(30-21)13-16-7-3-2-4-8-16/h2-14H,15H2,1H3,(H,25,27)(H,26,28)/b22-13-. The Balaban J connectivity index is 1.48. The van der Waals surface area contributed by atoms with Crippen LogP contribution < -0.4 is 15.4 Å². The van der Waals surface area contributed by atoms with Gasteiger partial charge in [-0.15, -0.1) is 0 Å². The van der Waals surface area contributed by atoms with Crippen molar-refractivity contribution in [3.63, 3.8) is 0 Å². The quantitative estimate of drug-likeness (QED) is 0.591. The van der Waals surface area contributed by atoms with Crippen molar-refractivity contribution in [3.05, 3.63) is 94.4 Å². The van der Waals surface area contributed by atoms with E-state index in [-0.39, 0.29) is 11.8 Å². The number of ether oxygens (including phenoxy) is 1. The number of hydrogen-bond donors (Lipinski definition) is 2. The number of amides is 2. The first-order chi connectivity index (χ1) is 14.6. The molecule has 0 saturated heterocycles. The van der Waals surface area contributed by atoms with E-state index in [9.17, 15) is 9.59 Å². The fourth-order valence-corrected chi connectivity index (χ4v) is 4.06. The second-order valence-electron chi connectivity index (χ2n) is 6.68. The largest absolute Gasteiger partial charge is 0.496 e. The molecule has 2 N–H and O–H groups in total. The molecule has 4 rings (SSSR count). The first-order valence-electron chi connectivity index (χ1n) is 9.44. The van der Waals surface area contributed by atoms with Crippen molar-refractivity contribution in [1.29, 1.82) is 0 Å². The van der Waals surface area contributed by atoms with E-state index < -0.39 is 0 Å². The van der Waals surface area contributed by atoms with Crippen molar-refractivity contribution in [2.45, 2.75) is 11.4 Å². The Morgan fingerprint density at radius 3 is 2.63 bits per heavy atom. The van der Waals surface area contributed by atoms with Gasteiger partial charge in [0, 0.05) is 22.6 Å². The van der Waals surface area contributed by atoms with Gasteiger partial charge in [0.15, 0.2) is 0 Å². The molecule has 3 aromatic rings. The highest BCUT2D eigenvalue weighted by Crippen LogP contribution is 2.39. The summed E-state index contributed by atoms with van der Waals surface area (Å²) in [5, 5.41) is 5.79. The Kier molecular flexibility index (Phi) is 5.86. The first-order valence-corrected chi connectivity index (χ1v) is 10.3. The van der Waals surface area contributed by atoms with E-state index in [2.05, 4.69) is 10.6 Å². The Hall–Kier alpha value is -3.51. The molecule has 0 radical (unpaired) electrons. The molecule has 1 heterocycles. The van der Waals surface area contributed by atoms with Crippen LogP contribution in [0.4, 0.5) is 5.69 Å². The van der Waals surface area contributed by atoms with Crippen LogP contribution in [0.15, 0.2) is 82.6 Å². The monoisotopic (exact) mass is 416 g/mol. The maximum atomic E-state index is 12.6. The van der Waals surface area contributed by atoms with Gasteiger partial charge in [-0.1, -0.05) is 60.3 Å². The fourth-order valence-electron chi connectivity index (χ4n) is 3.13. The number of fused-ring (bicyclic) bond motifs is 1. The van der Waals surface area contributed by atoms with Gasteiger partial charge in [0.1, 0.15) is 5.75 Å². The van der Waals surface area contributed by atoms with Crippen molar-refractivity contribution in [2.75, 3.05) is 12.4 Å². The number of carbonyl (C=O) groups excluding carboxylic acids is 2. The number of methoxy groups -OCH3 is 1. The molecule has 1 aliphatic rings. The van der Waals surface area contributed by atoms with Gasteiger partial charge >= 0.3 is 0 Å². The smallest absolute Gasteiger partial charge is 0.262 e. The lowest BCUT2D eigenvalue weighted by Gasteiger charge is -2.19. The lowest BCUT2D eigenvalue weighted by molar-refractivity contribution is -0.112. The van der Waals surface area contributed by atoms with E-state index >= 15 is 0 Å². The summed E-state index contributed by atoms with van der Waals surface area (Å²) in [6, 6.07) is 22.6. The van der Waals surface area contributed by atoms with Gasteiger partial charge in [-0.05, 0) is 35.9 Å². The van der Waals surface area contributed by atoms with E-state index in [4.69, 9.17) is 4.74 Å². The van der Waals surface area contributed by atoms with Gasteiger partial charge in [-0.2, -0.15) is 0 Å². The highest BCUT2D eigenvalue weighted by Gasteiger charge is 2.22. The number of anilines is 1. The van der Waals surface area contributed by atoms with Gasteiger partial charge in [0.2, 0.25) is 0 Å². The summed E-state index contributed by atoms with van der Waals surface area (Å²) in [6.45, 7) is 0.352. The molecule has 0 aliphatic carbocycles. The Bertz CT molecular complexity index is 1130. The molecular weight excluding hydrogens is 396 g/mol. The van der Waals surface area contributed by atoms with Crippen molar-refractivity contribution in [1.82, 2.24) is 5.32 Å². The number of para-hydroxylation sites is 1. The predicted octanol–water partition coefficient (Wildman–Crippen LogP) is 4.71. The minimum absolute atomic E-state index is 0.178. The molecule has 0 unspecified atom stereocenters. The zero-order valence-electron chi connectivity index (χ0n) is 16.3. The van der Waals surface area contributed by atoms with Crippen molar-refractivity contribution in [3.8, 4) is 5.75 Å². The number of nitrogens with one attached hydrogen (secondary N) is 2. The summed E-state index contributed by atoms with van der Waals surface area (Å²) < 4.78 is 5.32. The van der Waals surface area contributed by atoms with E-state index in [1.54, 1.807) is 19.2 Å². The Labute approximate surface area is 179 Å². The number of hydrogen-bond acceptors (Lipinski definition) is 4. The van der Waals surface area contributed by atoms with E-state index in [1.165, 1.54) is 11.8 Å². The normalized spacial score (nSPS) is 14.0. The number of benzene rings is 3. The molecule has 150 valence electrons. The van der Waals surface area contributed by atoms with Crippen LogP contribution in [-0.2, 0) is 11.3 Å². The van der Waals surface area contributed by atoms with Crippen LogP contribution in [0, 0.1) is 0 Å². The lowest BCUT2D eigenvalue weighted by atomic mass is 10.1. The summed E-state index contributed by atoms with van der Waals surface area (Å²) in [5.74, 6) is 0.334. The molecule has 0 spiro atoms. The van der Waals surface area contributed by atoms with E-state index in [0.29, 0.717) is 22.7 Å².